The summed E-state index contributed by atoms with van der Waals surface area (Å²) < 4.78 is 32.3. The lowest BCUT2D eigenvalue weighted by molar-refractivity contribution is -0.147. The summed E-state index contributed by atoms with van der Waals surface area (Å²) in [5.41, 5.74) is 2.70. The molecule has 0 bridgehead atoms. The molecular weight excluding hydrogens is 350 g/mol. The zero-order valence-electron chi connectivity index (χ0n) is 14.6. The van der Waals surface area contributed by atoms with Gasteiger partial charge in [0.05, 0.1) is 12.4 Å². The largest absolute Gasteiger partial charge is 0.468 e. The van der Waals surface area contributed by atoms with Crippen molar-refractivity contribution in [2.45, 2.75) is 36.3 Å². The molecule has 4 rings (SSSR count). The Morgan fingerprint density at radius 2 is 1.73 bits per heavy atom. The first-order valence-corrected chi connectivity index (χ1v) is 10.3. The molecule has 136 valence electrons. The van der Waals surface area contributed by atoms with Crippen molar-refractivity contribution in [3.05, 3.63) is 65.2 Å². The zero-order valence-corrected chi connectivity index (χ0v) is 15.4. The van der Waals surface area contributed by atoms with Gasteiger partial charge in [0, 0.05) is 5.69 Å². The van der Waals surface area contributed by atoms with Crippen LogP contribution in [-0.2, 0) is 37.8 Å². The number of carbonyl (C=O) groups is 1. The highest BCUT2D eigenvalue weighted by Crippen LogP contribution is 2.41. The second kappa shape index (κ2) is 6.13. The van der Waals surface area contributed by atoms with E-state index in [4.69, 9.17) is 4.74 Å². The average Bonchev–Trinajstić information content (AvgIpc) is 3.42. The number of carbonyl (C=O) groups excluding carboxylic acids is 1. The van der Waals surface area contributed by atoms with Gasteiger partial charge >= 0.3 is 5.97 Å². The molecule has 0 aromatic heterocycles. The van der Waals surface area contributed by atoms with Gasteiger partial charge in [-0.1, -0.05) is 36.4 Å². The Morgan fingerprint density at radius 1 is 1.08 bits per heavy atom. The minimum atomic E-state index is -3.35. The van der Waals surface area contributed by atoms with E-state index in [0.29, 0.717) is 31.4 Å². The Hall–Kier alpha value is -2.34. The van der Waals surface area contributed by atoms with Crippen LogP contribution in [0.15, 0.2) is 48.5 Å². The van der Waals surface area contributed by atoms with Gasteiger partial charge < -0.3 is 4.74 Å². The van der Waals surface area contributed by atoms with E-state index >= 15 is 0 Å². The maximum Gasteiger partial charge on any atom is 0.316 e. The van der Waals surface area contributed by atoms with Crippen molar-refractivity contribution in [2.24, 2.45) is 0 Å². The topological polar surface area (TPSA) is 72.5 Å². The summed E-state index contributed by atoms with van der Waals surface area (Å²) in [5.74, 6) is -0.295. The van der Waals surface area contributed by atoms with Gasteiger partial charge in [-0.2, -0.15) is 0 Å². The molecule has 2 aliphatic rings. The van der Waals surface area contributed by atoms with Crippen LogP contribution >= 0.6 is 0 Å². The molecule has 5 nitrogen and oxygen atoms in total. The molecule has 0 amide bonds. The van der Waals surface area contributed by atoms with E-state index in [2.05, 4.69) is 4.72 Å². The molecular formula is C20H21NO4S. The maximum absolute atomic E-state index is 12.8. The summed E-state index contributed by atoms with van der Waals surface area (Å²) in [6, 6.07) is 15.1. The van der Waals surface area contributed by atoms with E-state index in [1.165, 1.54) is 7.11 Å². The van der Waals surface area contributed by atoms with Gasteiger partial charge in [0.25, 0.3) is 0 Å². The van der Waals surface area contributed by atoms with E-state index in [1.807, 2.05) is 30.3 Å². The van der Waals surface area contributed by atoms with E-state index in [9.17, 15) is 13.2 Å². The van der Waals surface area contributed by atoms with Crippen LogP contribution in [-0.4, -0.2) is 26.7 Å². The first-order valence-electron chi connectivity index (χ1n) is 8.72. The fraction of sp³-hybridized carbons (Fsp3) is 0.350. The standard InChI is InChI=1S/C20H21NO4S/c1-25-19(22)20(12-14-5-2-3-6-15(14)13-20)16-7-4-8-17(11-16)21-26(23,24)18-9-10-18/h2-8,11,18,21H,9-10,12-13H2,1H3. The summed E-state index contributed by atoms with van der Waals surface area (Å²) in [6.07, 6.45) is 2.51. The first kappa shape index (κ1) is 17.1. The predicted molar refractivity (Wildman–Crippen MR) is 99.6 cm³/mol. The number of methoxy groups -OCH3 is 1. The molecule has 1 N–H and O–H groups in total. The van der Waals surface area contributed by atoms with Crippen molar-refractivity contribution >= 4 is 21.7 Å². The highest BCUT2D eigenvalue weighted by atomic mass is 32.2. The highest BCUT2D eigenvalue weighted by molar-refractivity contribution is 7.93. The molecule has 6 heteroatoms. The Labute approximate surface area is 153 Å². The Balaban J connectivity index is 1.72. The number of ether oxygens (including phenoxy) is 1. The average molecular weight is 371 g/mol. The number of hydrogen-bond donors (Lipinski definition) is 1. The summed E-state index contributed by atoms with van der Waals surface area (Å²) in [6.45, 7) is 0. The van der Waals surface area contributed by atoms with Crippen molar-refractivity contribution in [2.75, 3.05) is 11.8 Å². The second-order valence-electron chi connectivity index (χ2n) is 7.12. The zero-order chi connectivity index (χ0) is 18.4. The number of benzene rings is 2. The van der Waals surface area contributed by atoms with Gasteiger partial charge in [0.1, 0.15) is 5.41 Å². The minimum Gasteiger partial charge on any atom is -0.468 e. The molecule has 0 aliphatic heterocycles. The number of rotatable bonds is 5. The van der Waals surface area contributed by atoms with Gasteiger partial charge in [-0.3, -0.25) is 9.52 Å². The van der Waals surface area contributed by atoms with Crippen LogP contribution in [0.5, 0.6) is 0 Å². The number of hydrogen-bond acceptors (Lipinski definition) is 4. The number of esters is 1. The normalized spacial score (nSPS) is 18.2. The van der Waals surface area contributed by atoms with Crippen LogP contribution in [0.3, 0.4) is 0 Å². The minimum absolute atomic E-state index is 0.295. The smallest absolute Gasteiger partial charge is 0.316 e. The van der Waals surface area contributed by atoms with Crippen LogP contribution in [0.1, 0.15) is 29.5 Å². The summed E-state index contributed by atoms with van der Waals surface area (Å²) in [5, 5.41) is -0.295. The fourth-order valence-corrected chi connectivity index (χ4v) is 5.16. The third-order valence-electron chi connectivity index (χ3n) is 5.32. The van der Waals surface area contributed by atoms with E-state index in [0.717, 1.165) is 16.7 Å². The number of fused-ring (bicyclic) bond motifs is 1. The van der Waals surface area contributed by atoms with Gasteiger partial charge in [-0.25, -0.2) is 8.42 Å². The Kier molecular flexibility index (Phi) is 4.03. The monoisotopic (exact) mass is 371 g/mol. The Bertz CT molecular complexity index is 938. The summed E-state index contributed by atoms with van der Waals surface area (Å²) >= 11 is 0. The van der Waals surface area contributed by atoms with E-state index in [-0.39, 0.29) is 11.2 Å². The lowest BCUT2D eigenvalue weighted by Gasteiger charge is -2.27. The van der Waals surface area contributed by atoms with Crippen molar-refractivity contribution in [1.29, 1.82) is 0 Å². The van der Waals surface area contributed by atoms with Crippen molar-refractivity contribution in [3.63, 3.8) is 0 Å². The molecule has 0 unspecified atom stereocenters. The highest BCUT2D eigenvalue weighted by Gasteiger charge is 2.46. The van der Waals surface area contributed by atoms with Crippen LogP contribution in [0, 0.1) is 0 Å². The van der Waals surface area contributed by atoms with E-state index in [1.54, 1.807) is 18.2 Å². The third-order valence-corrected chi connectivity index (χ3v) is 7.19. The van der Waals surface area contributed by atoms with Crippen molar-refractivity contribution in [3.8, 4) is 0 Å². The van der Waals surface area contributed by atoms with Crippen LogP contribution in [0.4, 0.5) is 5.69 Å². The lowest BCUT2D eigenvalue weighted by atomic mass is 9.77. The van der Waals surface area contributed by atoms with Gasteiger partial charge in [0.15, 0.2) is 0 Å². The number of anilines is 1. The fourth-order valence-electron chi connectivity index (χ4n) is 3.78. The van der Waals surface area contributed by atoms with Gasteiger partial charge in [0.2, 0.25) is 10.0 Å². The molecule has 0 spiro atoms. The van der Waals surface area contributed by atoms with Gasteiger partial charge in [-0.05, 0) is 54.5 Å². The summed E-state index contributed by atoms with van der Waals surface area (Å²) in [7, 11) is -1.95. The van der Waals surface area contributed by atoms with Crippen LogP contribution in [0.2, 0.25) is 0 Å². The molecule has 2 aromatic rings. The van der Waals surface area contributed by atoms with Crippen LogP contribution in [0.25, 0.3) is 0 Å². The van der Waals surface area contributed by atoms with E-state index < -0.39 is 15.4 Å². The van der Waals surface area contributed by atoms with Crippen LogP contribution < -0.4 is 4.72 Å². The van der Waals surface area contributed by atoms with Crippen molar-refractivity contribution < 1.29 is 17.9 Å². The van der Waals surface area contributed by atoms with Crippen molar-refractivity contribution in [1.82, 2.24) is 0 Å². The maximum atomic E-state index is 12.8. The third kappa shape index (κ3) is 2.88. The molecule has 2 aliphatic carbocycles. The number of sulfonamides is 1. The second-order valence-corrected chi connectivity index (χ2v) is 9.08. The predicted octanol–water partition coefficient (Wildman–Crippen LogP) is 2.80. The molecule has 26 heavy (non-hydrogen) atoms. The first-order chi connectivity index (χ1) is 12.4. The SMILES string of the molecule is COC(=O)C1(c2cccc(NS(=O)(=O)C3CC3)c2)Cc2ccccc2C1. The van der Waals surface area contributed by atoms with Gasteiger partial charge in [-0.15, -0.1) is 0 Å². The molecule has 0 heterocycles. The molecule has 1 saturated carbocycles. The molecule has 0 atom stereocenters. The number of nitrogens with one attached hydrogen (secondary N) is 1. The summed E-state index contributed by atoms with van der Waals surface area (Å²) in [4.78, 5) is 12.8. The quantitative estimate of drug-likeness (QED) is 0.821. The lowest BCUT2D eigenvalue weighted by Crippen LogP contribution is -2.38. The Morgan fingerprint density at radius 3 is 2.31 bits per heavy atom. The molecule has 0 radical (unpaired) electrons. The molecule has 2 aromatic carbocycles. The molecule has 0 saturated heterocycles. The molecule has 1 fully saturated rings.